The van der Waals surface area contributed by atoms with Crippen LogP contribution in [0.2, 0.25) is 0 Å². The predicted octanol–water partition coefficient (Wildman–Crippen LogP) is 4.21. The van der Waals surface area contributed by atoms with Crippen LogP contribution < -0.4 is 4.90 Å². The first-order chi connectivity index (χ1) is 14.2. The molecule has 0 N–H and O–H groups in total. The Morgan fingerprint density at radius 2 is 1.79 bits per heavy atom. The maximum absolute atomic E-state index is 12.9. The summed E-state index contributed by atoms with van der Waals surface area (Å²) in [4.78, 5) is 20.4. The van der Waals surface area contributed by atoms with Crippen molar-refractivity contribution in [2.75, 3.05) is 31.1 Å². The third kappa shape index (κ3) is 3.93. The zero-order valence-corrected chi connectivity index (χ0v) is 18.1. The lowest BCUT2D eigenvalue weighted by Crippen LogP contribution is -2.40. The average molecular weight is 396 g/mol. The van der Waals surface area contributed by atoms with Crippen LogP contribution in [0, 0.1) is 5.92 Å². The van der Waals surface area contributed by atoms with Gasteiger partial charge >= 0.3 is 0 Å². The Balaban J connectivity index is 1.23. The number of fused-ring (bicyclic) bond motifs is 1. The van der Waals surface area contributed by atoms with Gasteiger partial charge in [-0.25, -0.2) is 0 Å². The van der Waals surface area contributed by atoms with Crippen LogP contribution in [0.4, 0.5) is 5.69 Å². The van der Waals surface area contributed by atoms with Gasteiger partial charge in [0.05, 0.1) is 0 Å². The van der Waals surface area contributed by atoms with E-state index in [2.05, 4.69) is 39.8 Å². The molecule has 4 heteroatoms. The van der Waals surface area contributed by atoms with Crippen molar-refractivity contribution >= 4 is 11.6 Å². The van der Waals surface area contributed by atoms with Crippen LogP contribution in [0.1, 0.15) is 69.4 Å². The molecule has 0 spiro atoms. The highest BCUT2D eigenvalue weighted by Crippen LogP contribution is 2.32. The average Bonchev–Trinajstić information content (AvgIpc) is 3.42. The van der Waals surface area contributed by atoms with Crippen molar-refractivity contribution < 1.29 is 4.79 Å². The van der Waals surface area contributed by atoms with Gasteiger partial charge in [0.2, 0.25) is 5.91 Å². The normalized spacial score (nSPS) is 28.7. The second kappa shape index (κ2) is 8.29. The van der Waals surface area contributed by atoms with Gasteiger partial charge in [0, 0.05) is 49.9 Å². The van der Waals surface area contributed by atoms with Crippen LogP contribution in [0.25, 0.3) is 0 Å². The quantitative estimate of drug-likeness (QED) is 0.767. The molecule has 4 nitrogen and oxygen atoms in total. The van der Waals surface area contributed by atoms with Crippen molar-refractivity contribution in [2.24, 2.45) is 5.92 Å². The van der Waals surface area contributed by atoms with Gasteiger partial charge in [0.25, 0.3) is 0 Å². The molecule has 4 aliphatic rings. The Bertz CT molecular complexity index is 742. The largest absolute Gasteiger partial charge is 0.370 e. The molecular formula is C25H37N3O. The zero-order chi connectivity index (χ0) is 19.8. The smallest absolute Gasteiger partial charge is 0.225 e. The van der Waals surface area contributed by atoms with Gasteiger partial charge in [-0.2, -0.15) is 0 Å². The Kier molecular flexibility index (Phi) is 5.55. The van der Waals surface area contributed by atoms with Crippen LogP contribution in [0.15, 0.2) is 18.2 Å². The number of amides is 1. The topological polar surface area (TPSA) is 26.8 Å². The first-order valence-corrected chi connectivity index (χ1v) is 12.1. The molecule has 1 saturated carbocycles. The maximum Gasteiger partial charge on any atom is 0.225 e. The lowest BCUT2D eigenvalue weighted by atomic mass is 9.87. The molecule has 1 aromatic rings. The summed E-state index contributed by atoms with van der Waals surface area (Å²) in [5.41, 5.74) is 4.23. The molecule has 1 aromatic carbocycles. The van der Waals surface area contributed by atoms with Gasteiger partial charge in [0.15, 0.2) is 0 Å². The molecule has 0 unspecified atom stereocenters. The fourth-order valence-electron chi connectivity index (χ4n) is 6.28. The molecular weight excluding hydrogens is 358 g/mol. The summed E-state index contributed by atoms with van der Waals surface area (Å²) in [7, 11) is 0. The summed E-state index contributed by atoms with van der Waals surface area (Å²) in [6.45, 7) is 7.76. The Labute approximate surface area is 176 Å². The lowest BCUT2D eigenvalue weighted by molar-refractivity contribution is -0.137. The van der Waals surface area contributed by atoms with Gasteiger partial charge in [-0.05, 0) is 75.3 Å². The van der Waals surface area contributed by atoms with E-state index < -0.39 is 0 Å². The molecule has 0 radical (unpaired) electrons. The number of hydrogen-bond donors (Lipinski definition) is 0. The van der Waals surface area contributed by atoms with Crippen molar-refractivity contribution in [1.29, 1.82) is 0 Å². The van der Waals surface area contributed by atoms with Crippen molar-refractivity contribution in [3.63, 3.8) is 0 Å². The summed E-state index contributed by atoms with van der Waals surface area (Å²) in [5.74, 6) is 0.709. The summed E-state index contributed by atoms with van der Waals surface area (Å²) in [6, 6.07) is 8.52. The van der Waals surface area contributed by atoms with Gasteiger partial charge in [-0.1, -0.05) is 25.3 Å². The van der Waals surface area contributed by atoms with Crippen LogP contribution in [0.5, 0.6) is 0 Å². The predicted molar refractivity (Wildman–Crippen MR) is 118 cm³/mol. The lowest BCUT2D eigenvalue weighted by Gasteiger charge is -2.34. The highest BCUT2D eigenvalue weighted by atomic mass is 16.2. The maximum atomic E-state index is 12.9. The number of rotatable bonds is 3. The number of anilines is 1. The van der Waals surface area contributed by atoms with E-state index in [1.165, 1.54) is 75.0 Å². The molecule has 0 bridgehead atoms. The Morgan fingerprint density at radius 1 is 0.931 bits per heavy atom. The SMILES string of the molecule is C[C@H]1CCCN1[C@H]1CCN(c2ccc3c(c2)CCN(C(=O)C2CCCCC2)C3)C1. The standard InChI is InChI=1S/C25H37N3O/c1-19-6-5-13-28(19)24-12-15-26(18-24)23-10-9-22-17-27(14-11-21(22)16-23)25(29)20-7-3-2-4-8-20/h9-10,16,19-20,24H,2-8,11-15,17-18H2,1H3/t19-,24-/m0/s1. The fourth-order valence-corrected chi connectivity index (χ4v) is 6.28. The zero-order valence-electron chi connectivity index (χ0n) is 18.1. The number of nitrogens with zero attached hydrogens (tertiary/aromatic N) is 3. The van der Waals surface area contributed by atoms with E-state index in [-0.39, 0.29) is 0 Å². The number of carbonyl (C=O) groups excluding carboxylic acids is 1. The third-order valence-corrected chi connectivity index (χ3v) is 8.07. The molecule has 1 amide bonds. The van der Waals surface area contributed by atoms with Crippen LogP contribution >= 0.6 is 0 Å². The molecule has 3 aliphatic heterocycles. The van der Waals surface area contributed by atoms with Crippen molar-refractivity contribution in [2.45, 2.75) is 83.3 Å². The van der Waals surface area contributed by atoms with E-state index in [9.17, 15) is 4.79 Å². The molecule has 0 aromatic heterocycles. The van der Waals surface area contributed by atoms with E-state index >= 15 is 0 Å². The van der Waals surface area contributed by atoms with Crippen LogP contribution in [-0.4, -0.2) is 54.0 Å². The van der Waals surface area contributed by atoms with Crippen molar-refractivity contribution in [3.05, 3.63) is 29.3 Å². The van der Waals surface area contributed by atoms with E-state index in [4.69, 9.17) is 0 Å². The highest BCUT2D eigenvalue weighted by molar-refractivity contribution is 5.79. The van der Waals surface area contributed by atoms with Gasteiger partial charge in [-0.3, -0.25) is 9.69 Å². The van der Waals surface area contributed by atoms with Crippen LogP contribution in [0.3, 0.4) is 0 Å². The van der Waals surface area contributed by atoms with Crippen LogP contribution in [-0.2, 0) is 17.8 Å². The molecule has 3 heterocycles. The van der Waals surface area contributed by atoms with E-state index in [1.54, 1.807) is 0 Å². The van der Waals surface area contributed by atoms with E-state index in [1.807, 2.05) is 0 Å². The Morgan fingerprint density at radius 3 is 2.59 bits per heavy atom. The fraction of sp³-hybridized carbons (Fsp3) is 0.720. The first kappa shape index (κ1) is 19.4. The molecule has 2 saturated heterocycles. The van der Waals surface area contributed by atoms with Crippen molar-refractivity contribution in [1.82, 2.24) is 9.80 Å². The minimum atomic E-state index is 0.291. The molecule has 1 aliphatic carbocycles. The Hall–Kier alpha value is -1.55. The second-order valence-electron chi connectivity index (χ2n) is 9.92. The number of carbonyl (C=O) groups is 1. The molecule has 3 fully saturated rings. The minimum absolute atomic E-state index is 0.291. The molecule has 158 valence electrons. The minimum Gasteiger partial charge on any atom is -0.370 e. The monoisotopic (exact) mass is 395 g/mol. The summed E-state index contributed by atoms with van der Waals surface area (Å²) < 4.78 is 0. The molecule has 29 heavy (non-hydrogen) atoms. The number of hydrogen-bond acceptors (Lipinski definition) is 3. The summed E-state index contributed by atoms with van der Waals surface area (Å²) in [6.07, 6.45) is 11.0. The third-order valence-electron chi connectivity index (χ3n) is 8.07. The molecule has 2 atom stereocenters. The molecule has 5 rings (SSSR count). The van der Waals surface area contributed by atoms with Gasteiger partial charge < -0.3 is 9.80 Å². The summed E-state index contributed by atoms with van der Waals surface area (Å²) in [5, 5.41) is 0. The van der Waals surface area contributed by atoms with Crippen molar-refractivity contribution in [3.8, 4) is 0 Å². The van der Waals surface area contributed by atoms with Gasteiger partial charge in [0.1, 0.15) is 0 Å². The number of likely N-dealkylation sites (tertiary alicyclic amines) is 1. The number of benzene rings is 1. The summed E-state index contributed by atoms with van der Waals surface area (Å²) >= 11 is 0. The highest BCUT2D eigenvalue weighted by Gasteiger charge is 2.33. The van der Waals surface area contributed by atoms with E-state index in [0.717, 1.165) is 44.4 Å². The first-order valence-electron chi connectivity index (χ1n) is 12.1. The second-order valence-corrected chi connectivity index (χ2v) is 9.92. The van der Waals surface area contributed by atoms with Gasteiger partial charge in [-0.15, -0.1) is 0 Å². The van der Waals surface area contributed by atoms with E-state index in [0.29, 0.717) is 11.8 Å².